The summed E-state index contributed by atoms with van der Waals surface area (Å²) in [4.78, 5) is 13.9. The van der Waals surface area contributed by atoms with Crippen molar-refractivity contribution in [3.8, 4) is 17.5 Å². The van der Waals surface area contributed by atoms with Crippen LogP contribution < -0.4 is 20.1 Å². The lowest BCUT2D eigenvalue weighted by molar-refractivity contribution is 0.367. The third kappa shape index (κ3) is 3.05. The molecule has 20 heavy (non-hydrogen) atoms. The van der Waals surface area contributed by atoms with Crippen molar-refractivity contribution in [1.82, 2.24) is 15.0 Å². The van der Waals surface area contributed by atoms with E-state index in [1.807, 2.05) is 33.2 Å². The van der Waals surface area contributed by atoms with Gasteiger partial charge in [0, 0.05) is 14.1 Å². The number of benzene rings is 1. The lowest BCUT2D eigenvalue weighted by Gasteiger charge is -2.13. The van der Waals surface area contributed by atoms with Gasteiger partial charge in [-0.25, -0.2) is 0 Å². The van der Waals surface area contributed by atoms with Gasteiger partial charge in [-0.3, -0.25) is 0 Å². The van der Waals surface area contributed by atoms with E-state index in [0.717, 1.165) is 5.56 Å². The highest BCUT2D eigenvalue weighted by Gasteiger charge is 2.11. The average Bonchev–Trinajstić information content (AvgIpc) is 2.40. The number of rotatable bonds is 4. The fraction of sp³-hybridized carbons (Fsp3) is 0.308. The molecule has 106 valence electrons. The largest absolute Gasteiger partial charge is 0.493 e. The summed E-state index contributed by atoms with van der Waals surface area (Å²) in [5.74, 6) is 1.66. The molecule has 1 aromatic heterocycles. The zero-order valence-corrected chi connectivity index (χ0v) is 11.9. The van der Waals surface area contributed by atoms with E-state index in [1.54, 1.807) is 18.1 Å². The molecule has 0 radical (unpaired) electrons. The molecule has 0 spiro atoms. The molecule has 2 rings (SSSR count). The first-order valence-corrected chi connectivity index (χ1v) is 6.01. The normalized spacial score (nSPS) is 10.2. The van der Waals surface area contributed by atoms with Crippen molar-refractivity contribution in [2.45, 2.75) is 6.92 Å². The summed E-state index contributed by atoms with van der Waals surface area (Å²) in [6.45, 7) is 1.97. The van der Waals surface area contributed by atoms with Crippen LogP contribution in [0.3, 0.4) is 0 Å². The monoisotopic (exact) mass is 275 g/mol. The number of methoxy groups -OCH3 is 1. The lowest BCUT2D eigenvalue weighted by atomic mass is 10.2. The van der Waals surface area contributed by atoms with Crippen molar-refractivity contribution < 1.29 is 9.47 Å². The smallest absolute Gasteiger partial charge is 0.328 e. The zero-order chi connectivity index (χ0) is 14.7. The molecule has 0 aliphatic rings. The van der Waals surface area contributed by atoms with Gasteiger partial charge in [-0.05, 0) is 24.6 Å². The van der Waals surface area contributed by atoms with Gasteiger partial charge in [0.15, 0.2) is 11.5 Å². The van der Waals surface area contributed by atoms with Crippen LogP contribution in [0.15, 0.2) is 18.2 Å². The Morgan fingerprint density at radius 3 is 2.50 bits per heavy atom. The van der Waals surface area contributed by atoms with Gasteiger partial charge in [-0.2, -0.15) is 15.0 Å². The summed E-state index contributed by atoms with van der Waals surface area (Å²) in [5.41, 5.74) is 6.71. The van der Waals surface area contributed by atoms with Crippen LogP contribution in [0.5, 0.6) is 17.5 Å². The van der Waals surface area contributed by atoms with E-state index in [4.69, 9.17) is 15.2 Å². The van der Waals surface area contributed by atoms with Crippen LogP contribution in [0.25, 0.3) is 0 Å². The fourth-order valence-electron chi connectivity index (χ4n) is 1.56. The molecule has 0 saturated heterocycles. The number of aryl methyl sites for hydroxylation is 1. The molecular weight excluding hydrogens is 258 g/mol. The Balaban J connectivity index is 2.34. The maximum Gasteiger partial charge on any atom is 0.328 e. The van der Waals surface area contributed by atoms with Crippen molar-refractivity contribution in [2.75, 3.05) is 31.8 Å². The summed E-state index contributed by atoms with van der Waals surface area (Å²) in [6.07, 6.45) is 0. The van der Waals surface area contributed by atoms with Crippen LogP contribution in [-0.2, 0) is 0 Å². The molecule has 0 atom stereocenters. The molecule has 1 heterocycles. The van der Waals surface area contributed by atoms with Gasteiger partial charge < -0.3 is 20.1 Å². The van der Waals surface area contributed by atoms with Crippen LogP contribution >= 0.6 is 0 Å². The number of nitrogens with zero attached hydrogens (tertiary/aromatic N) is 4. The first kappa shape index (κ1) is 13.9. The Bertz CT molecular complexity index is 616. The standard InChI is InChI=1S/C13H17N5O2/c1-8-5-6-9(10(7-8)19-4)20-13-16-11(14)15-12(17-13)18(2)3/h5-7H,1-4H3,(H2,14,15,16,17). The van der Waals surface area contributed by atoms with E-state index in [2.05, 4.69) is 15.0 Å². The highest BCUT2D eigenvalue weighted by atomic mass is 16.5. The van der Waals surface area contributed by atoms with Crippen molar-refractivity contribution >= 4 is 11.9 Å². The first-order valence-electron chi connectivity index (χ1n) is 6.01. The zero-order valence-electron chi connectivity index (χ0n) is 11.9. The van der Waals surface area contributed by atoms with Gasteiger partial charge in [0.1, 0.15) is 0 Å². The van der Waals surface area contributed by atoms with Crippen molar-refractivity contribution in [3.05, 3.63) is 23.8 Å². The summed E-state index contributed by atoms with van der Waals surface area (Å²) in [7, 11) is 5.20. The third-order valence-electron chi connectivity index (χ3n) is 2.54. The van der Waals surface area contributed by atoms with E-state index < -0.39 is 0 Å². The predicted octanol–water partition coefficient (Wildman–Crippen LogP) is 1.63. The number of ether oxygens (including phenoxy) is 2. The van der Waals surface area contributed by atoms with Crippen LogP contribution in [-0.4, -0.2) is 36.2 Å². The van der Waals surface area contributed by atoms with Crippen LogP contribution in [0.2, 0.25) is 0 Å². The van der Waals surface area contributed by atoms with E-state index in [9.17, 15) is 0 Å². The number of nitrogens with two attached hydrogens (primary N) is 1. The van der Waals surface area contributed by atoms with Gasteiger partial charge in [0.25, 0.3) is 0 Å². The Hall–Kier alpha value is -2.57. The van der Waals surface area contributed by atoms with Crippen molar-refractivity contribution in [3.63, 3.8) is 0 Å². The first-order chi connectivity index (χ1) is 9.49. The molecule has 1 aromatic carbocycles. The molecule has 0 amide bonds. The predicted molar refractivity (Wildman–Crippen MR) is 76.4 cm³/mol. The molecule has 0 saturated carbocycles. The quantitative estimate of drug-likeness (QED) is 0.907. The molecular formula is C13H17N5O2. The number of nitrogen functional groups attached to an aromatic ring is 1. The van der Waals surface area contributed by atoms with Gasteiger partial charge in [-0.15, -0.1) is 0 Å². The number of hydrogen-bond acceptors (Lipinski definition) is 7. The fourth-order valence-corrected chi connectivity index (χ4v) is 1.56. The minimum Gasteiger partial charge on any atom is -0.493 e. The minimum atomic E-state index is 0.102. The van der Waals surface area contributed by atoms with Crippen LogP contribution in [0, 0.1) is 6.92 Å². The topological polar surface area (TPSA) is 86.4 Å². The maximum atomic E-state index is 5.65. The molecule has 0 bridgehead atoms. The van der Waals surface area contributed by atoms with Gasteiger partial charge in [-0.1, -0.05) is 6.07 Å². The number of aromatic nitrogens is 3. The highest BCUT2D eigenvalue weighted by molar-refractivity contribution is 5.44. The maximum absolute atomic E-state index is 5.65. The lowest BCUT2D eigenvalue weighted by Crippen LogP contribution is -2.15. The van der Waals surface area contributed by atoms with E-state index in [-0.39, 0.29) is 12.0 Å². The molecule has 0 fully saturated rings. The molecule has 7 heteroatoms. The van der Waals surface area contributed by atoms with Gasteiger partial charge in [0.05, 0.1) is 7.11 Å². The van der Waals surface area contributed by atoms with Crippen LogP contribution in [0.1, 0.15) is 5.56 Å². The summed E-state index contributed by atoms with van der Waals surface area (Å²) in [5, 5.41) is 0. The molecule has 0 aliphatic heterocycles. The van der Waals surface area contributed by atoms with Crippen molar-refractivity contribution in [1.29, 1.82) is 0 Å². The minimum absolute atomic E-state index is 0.102. The molecule has 2 N–H and O–H groups in total. The highest BCUT2D eigenvalue weighted by Crippen LogP contribution is 2.31. The Kier molecular flexibility index (Phi) is 3.88. The second-order valence-electron chi connectivity index (χ2n) is 4.43. The average molecular weight is 275 g/mol. The SMILES string of the molecule is COc1cc(C)ccc1Oc1nc(N)nc(N(C)C)n1. The second-order valence-corrected chi connectivity index (χ2v) is 4.43. The Labute approximate surface area is 117 Å². The molecule has 0 aliphatic carbocycles. The Morgan fingerprint density at radius 2 is 1.85 bits per heavy atom. The van der Waals surface area contributed by atoms with Gasteiger partial charge in [0.2, 0.25) is 11.9 Å². The molecule has 7 nitrogen and oxygen atoms in total. The second kappa shape index (κ2) is 5.60. The van der Waals surface area contributed by atoms with Crippen molar-refractivity contribution in [2.24, 2.45) is 0 Å². The van der Waals surface area contributed by atoms with E-state index >= 15 is 0 Å². The summed E-state index contributed by atoms with van der Waals surface area (Å²) >= 11 is 0. The third-order valence-corrected chi connectivity index (χ3v) is 2.54. The molecule has 2 aromatic rings. The molecule has 0 unspecified atom stereocenters. The summed E-state index contributed by atoms with van der Waals surface area (Å²) in [6, 6.07) is 5.70. The Morgan fingerprint density at radius 1 is 1.10 bits per heavy atom. The number of anilines is 2. The van der Waals surface area contributed by atoms with Gasteiger partial charge >= 0.3 is 6.01 Å². The number of hydrogen-bond donors (Lipinski definition) is 1. The van der Waals surface area contributed by atoms with Crippen LogP contribution in [0.4, 0.5) is 11.9 Å². The van der Waals surface area contributed by atoms with E-state index in [0.29, 0.717) is 17.4 Å². The van der Waals surface area contributed by atoms with E-state index in [1.165, 1.54) is 0 Å². The summed E-state index contributed by atoms with van der Waals surface area (Å²) < 4.78 is 10.9.